The first kappa shape index (κ1) is 25.2. The molecule has 0 heterocycles. The maximum absolute atomic E-state index is 9.48. The molecular formula is C22H32IN3O3. The van der Waals surface area contributed by atoms with Crippen LogP contribution in [-0.2, 0) is 24.4 Å². The van der Waals surface area contributed by atoms with E-state index in [9.17, 15) is 5.11 Å². The fourth-order valence-corrected chi connectivity index (χ4v) is 2.73. The van der Waals surface area contributed by atoms with Crippen LogP contribution in [0.3, 0.4) is 0 Å². The van der Waals surface area contributed by atoms with Crippen molar-refractivity contribution < 1.29 is 14.6 Å². The number of aliphatic hydroxyl groups is 1. The Bertz CT molecular complexity index is 769. The summed E-state index contributed by atoms with van der Waals surface area (Å²) >= 11 is 0. The van der Waals surface area contributed by atoms with Crippen molar-refractivity contribution in [3.63, 3.8) is 0 Å². The zero-order valence-electron chi connectivity index (χ0n) is 17.4. The van der Waals surface area contributed by atoms with Gasteiger partial charge < -0.3 is 25.2 Å². The lowest BCUT2D eigenvalue weighted by Crippen LogP contribution is -2.37. The molecule has 0 saturated heterocycles. The number of benzene rings is 2. The van der Waals surface area contributed by atoms with Crippen molar-refractivity contribution in [2.45, 2.75) is 33.5 Å². The SMILES string of the molecule is CCNC(=NCc1ccc(C)cc1OCCOC)NCc1ccccc1CO.I. The highest BCUT2D eigenvalue weighted by Gasteiger charge is 2.06. The molecule has 0 fully saturated rings. The first-order valence-electron chi connectivity index (χ1n) is 9.59. The molecule has 0 saturated carbocycles. The molecule has 0 unspecified atom stereocenters. The Labute approximate surface area is 190 Å². The van der Waals surface area contributed by atoms with Gasteiger partial charge in [0.25, 0.3) is 0 Å². The molecule has 0 radical (unpaired) electrons. The summed E-state index contributed by atoms with van der Waals surface area (Å²) in [5, 5.41) is 16.1. The van der Waals surface area contributed by atoms with Crippen LogP contribution in [0.2, 0.25) is 0 Å². The quantitative estimate of drug-likeness (QED) is 0.197. The summed E-state index contributed by atoms with van der Waals surface area (Å²) < 4.78 is 10.9. The standard InChI is InChI=1S/C22H31N3O3.HI/c1-4-23-22(24-14-18-7-5-6-8-20(18)16-26)25-15-19-10-9-17(2)13-21(19)28-12-11-27-3;/h5-10,13,26H,4,11-12,14-16H2,1-3H3,(H2,23,24,25);1H. The van der Waals surface area contributed by atoms with Gasteiger partial charge in [-0.25, -0.2) is 4.99 Å². The highest BCUT2D eigenvalue weighted by atomic mass is 127. The van der Waals surface area contributed by atoms with E-state index in [1.807, 2.05) is 50.2 Å². The zero-order valence-corrected chi connectivity index (χ0v) is 19.7. The molecule has 2 aromatic rings. The Morgan fingerprint density at radius 2 is 1.79 bits per heavy atom. The second-order valence-electron chi connectivity index (χ2n) is 6.43. The zero-order chi connectivity index (χ0) is 20.2. The van der Waals surface area contributed by atoms with Crippen LogP contribution in [0.5, 0.6) is 5.75 Å². The largest absolute Gasteiger partial charge is 0.491 e. The molecule has 0 amide bonds. The second-order valence-corrected chi connectivity index (χ2v) is 6.43. The van der Waals surface area contributed by atoms with E-state index in [0.29, 0.717) is 26.3 Å². The molecule has 3 N–H and O–H groups in total. The van der Waals surface area contributed by atoms with Crippen LogP contribution >= 0.6 is 24.0 Å². The predicted octanol–water partition coefficient (Wildman–Crippen LogP) is 3.39. The average molecular weight is 513 g/mol. The Hall–Kier alpha value is -1.84. The third-order valence-electron chi connectivity index (χ3n) is 4.25. The molecule has 7 heteroatoms. The number of guanidine groups is 1. The van der Waals surface area contributed by atoms with Crippen LogP contribution < -0.4 is 15.4 Å². The van der Waals surface area contributed by atoms with E-state index >= 15 is 0 Å². The number of halogens is 1. The normalized spacial score (nSPS) is 11.0. The number of hydrogen-bond donors (Lipinski definition) is 3. The Morgan fingerprint density at radius 3 is 2.48 bits per heavy atom. The summed E-state index contributed by atoms with van der Waals surface area (Å²) in [5.41, 5.74) is 4.13. The van der Waals surface area contributed by atoms with E-state index < -0.39 is 0 Å². The van der Waals surface area contributed by atoms with Crippen molar-refractivity contribution in [3.8, 4) is 5.75 Å². The topological polar surface area (TPSA) is 75.1 Å². The minimum atomic E-state index is 0. The van der Waals surface area contributed by atoms with Gasteiger partial charge in [0.1, 0.15) is 12.4 Å². The highest BCUT2D eigenvalue weighted by molar-refractivity contribution is 14.0. The van der Waals surface area contributed by atoms with Crippen molar-refractivity contribution in [3.05, 3.63) is 64.7 Å². The molecule has 6 nitrogen and oxygen atoms in total. The maximum atomic E-state index is 9.48. The molecule has 0 aliphatic heterocycles. The van der Waals surface area contributed by atoms with Crippen LogP contribution in [-0.4, -0.2) is 37.9 Å². The van der Waals surface area contributed by atoms with Crippen molar-refractivity contribution in [1.29, 1.82) is 0 Å². The number of rotatable bonds is 10. The van der Waals surface area contributed by atoms with Gasteiger partial charge in [0.2, 0.25) is 0 Å². The minimum Gasteiger partial charge on any atom is -0.491 e. The van der Waals surface area contributed by atoms with Gasteiger partial charge in [-0.3, -0.25) is 0 Å². The van der Waals surface area contributed by atoms with Crippen LogP contribution in [0.4, 0.5) is 0 Å². The van der Waals surface area contributed by atoms with Crippen LogP contribution in [0.1, 0.15) is 29.2 Å². The summed E-state index contributed by atoms with van der Waals surface area (Å²) in [4.78, 5) is 4.69. The summed E-state index contributed by atoms with van der Waals surface area (Å²) in [6.07, 6.45) is 0. The average Bonchev–Trinajstić information content (AvgIpc) is 2.71. The number of nitrogens with zero attached hydrogens (tertiary/aromatic N) is 1. The smallest absolute Gasteiger partial charge is 0.191 e. The number of nitrogens with one attached hydrogen (secondary N) is 2. The molecule has 2 rings (SSSR count). The summed E-state index contributed by atoms with van der Waals surface area (Å²) in [6, 6.07) is 14.0. The van der Waals surface area contributed by atoms with E-state index in [4.69, 9.17) is 14.5 Å². The van der Waals surface area contributed by atoms with Crippen molar-refractivity contribution in [2.75, 3.05) is 26.9 Å². The van der Waals surface area contributed by atoms with Gasteiger partial charge >= 0.3 is 0 Å². The number of ether oxygens (including phenoxy) is 2. The lowest BCUT2D eigenvalue weighted by molar-refractivity contribution is 0.145. The van der Waals surface area contributed by atoms with E-state index in [1.165, 1.54) is 0 Å². The molecule has 0 aliphatic rings. The first-order valence-corrected chi connectivity index (χ1v) is 9.59. The third-order valence-corrected chi connectivity index (χ3v) is 4.25. The molecule has 2 aromatic carbocycles. The Balaban J connectivity index is 0.00000420. The molecule has 29 heavy (non-hydrogen) atoms. The summed E-state index contributed by atoms with van der Waals surface area (Å²) in [7, 11) is 1.66. The fraction of sp³-hybridized carbons (Fsp3) is 0.409. The van der Waals surface area contributed by atoms with Crippen LogP contribution in [0.15, 0.2) is 47.5 Å². The maximum Gasteiger partial charge on any atom is 0.191 e. The van der Waals surface area contributed by atoms with Gasteiger partial charge in [-0.15, -0.1) is 24.0 Å². The van der Waals surface area contributed by atoms with Crippen molar-refractivity contribution >= 4 is 29.9 Å². The number of hydrogen-bond acceptors (Lipinski definition) is 4. The highest BCUT2D eigenvalue weighted by Crippen LogP contribution is 2.21. The predicted molar refractivity (Wildman–Crippen MR) is 128 cm³/mol. The minimum absolute atomic E-state index is 0. The molecule has 0 aliphatic carbocycles. The van der Waals surface area contributed by atoms with Crippen LogP contribution in [0, 0.1) is 6.92 Å². The lowest BCUT2D eigenvalue weighted by atomic mass is 10.1. The van der Waals surface area contributed by atoms with Gasteiger partial charge in [0.05, 0.1) is 19.8 Å². The van der Waals surface area contributed by atoms with Gasteiger partial charge in [0.15, 0.2) is 5.96 Å². The van der Waals surface area contributed by atoms with E-state index in [2.05, 4.69) is 16.7 Å². The fourth-order valence-electron chi connectivity index (χ4n) is 2.73. The van der Waals surface area contributed by atoms with Gasteiger partial charge in [0, 0.05) is 25.8 Å². The monoisotopic (exact) mass is 513 g/mol. The second kappa shape index (κ2) is 14.2. The molecule has 160 valence electrons. The van der Waals surface area contributed by atoms with E-state index in [1.54, 1.807) is 7.11 Å². The first-order chi connectivity index (χ1) is 13.7. The van der Waals surface area contributed by atoms with E-state index in [0.717, 1.165) is 40.5 Å². The molecule has 0 atom stereocenters. The summed E-state index contributed by atoms with van der Waals surface area (Å²) in [6.45, 7) is 7.01. The Kier molecular flexibility index (Phi) is 12.3. The van der Waals surface area contributed by atoms with Crippen molar-refractivity contribution in [2.24, 2.45) is 4.99 Å². The molecule has 0 aromatic heterocycles. The number of aryl methyl sites for hydroxylation is 1. The number of methoxy groups -OCH3 is 1. The van der Waals surface area contributed by atoms with E-state index in [-0.39, 0.29) is 30.6 Å². The summed E-state index contributed by atoms with van der Waals surface area (Å²) in [5.74, 6) is 1.56. The molecule has 0 spiro atoms. The third kappa shape index (κ3) is 8.59. The Morgan fingerprint density at radius 1 is 1.03 bits per heavy atom. The number of aliphatic imine (C=N–C) groups is 1. The van der Waals surface area contributed by atoms with Gasteiger partial charge in [-0.05, 0) is 36.6 Å². The molecular weight excluding hydrogens is 481 g/mol. The van der Waals surface area contributed by atoms with Gasteiger partial charge in [-0.1, -0.05) is 36.4 Å². The van der Waals surface area contributed by atoms with Crippen LogP contribution in [0.25, 0.3) is 0 Å². The van der Waals surface area contributed by atoms with Crippen molar-refractivity contribution in [1.82, 2.24) is 10.6 Å². The number of aliphatic hydroxyl groups excluding tert-OH is 1. The molecule has 0 bridgehead atoms. The van der Waals surface area contributed by atoms with Gasteiger partial charge in [-0.2, -0.15) is 0 Å². The lowest BCUT2D eigenvalue weighted by Gasteiger charge is -2.14.